The molecule has 0 aliphatic heterocycles. The summed E-state index contributed by atoms with van der Waals surface area (Å²) >= 11 is 0. The first-order valence-electron chi connectivity index (χ1n) is 4.58. The molecule has 0 fully saturated rings. The van der Waals surface area contributed by atoms with Gasteiger partial charge in [-0.05, 0) is 24.3 Å². The minimum absolute atomic E-state index is 0.0836. The van der Waals surface area contributed by atoms with Gasteiger partial charge in [-0.2, -0.15) is 0 Å². The van der Waals surface area contributed by atoms with Crippen LogP contribution in [0.3, 0.4) is 0 Å². The number of carboxylic acids is 1. The fourth-order valence-electron chi connectivity index (χ4n) is 1.06. The number of nitrogens with one attached hydrogen (secondary N) is 1. The Hall–Kier alpha value is -2.24. The van der Waals surface area contributed by atoms with Crippen LogP contribution in [0.1, 0.15) is 16.8 Å². The molecule has 0 spiro atoms. The van der Waals surface area contributed by atoms with E-state index in [2.05, 4.69) is 10.4 Å². The smallest absolute Gasteiger partial charge is 0.305 e. The lowest BCUT2D eigenvalue weighted by Crippen LogP contribution is -2.25. The minimum Gasteiger partial charge on any atom is -0.706 e. The first-order chi connectivity index (χ1) is 7.63. The summed E-state index contributed by atoms with van der Waals surface area (Å²) in [7, 11) is 0. The topological polar surface area (TPSA) is 101 Å². The van der Waals surface area contributed by atoms with E-state index in [1.165, 1.54) is 24.3 Å². The second-order valence-corrected chi connectivity index (χ2v) is 3.05. The van der Waals surface area contributed by atoms with Crippen LogP contribution in [0, 0.1) is 0 Å². The lowest BCUT2D eigenvalue weighted by Gasteiger charge is -2.04. The Morgan fingerprint density at radius 3 is 2.44 bits per heavy atom. The molecule has 84 valence electrons. The fourth-order valence-corrected chi connectivity index (χ4v) is 1.06. The number of hydrogen-bond donors (Lipinski definition) is 2. The predicted octanol–water partition coefficient (Wildman–Crippen LogP) is 1.54. The highest BCUT2D eigenvalue weighted by atomic mass is 16.4. The van der Waals surface area contributed by atoms with Gasteiger partial charge in [-0.25, -0.2) is 0 Å². The summed E-state index contributed by atoms with van der Waals surface area (Å²) in [6.45, 7) is 0.0836. The Kier molecular flexibility index (Phi) is 4.14. The molecule has 0 aliphatic carbocycles. The number of carbonyl (C=O) groups is 2. The molecule has 0 aromatic heterocycles. The third-order valence-electron chi connectivity index (χ3n) is 1.87. The van der Waals surface area contributed by atoms with Gasteiger partial charge in [-0.1, -0.05) is 0 Å². The molecule has 16 heavy (non-hydrogen) atoms. The second kappa shape index (κ2) is 5.59. The van der Waals surface area contributed by atoms with Crippen molar-refractivity contribution in [2.45, 2.75) is 6.42 Å². The van der Waals surface area contributed by atoms with Crippen molar-refractivity contribution in [1.29, 1.82) is 0 Å². The molecule has 0 aliphatic rings. The van der Waals surface area contributed by atoms with Crippen LogP contribution in [0.2, 0.25) is 0 Å². The van der Waals surface area contributed by atoms with Gasteiger partial charge in [-0.3, -0.25) is 9.59 Å². The second-order valence-electron chi connectivity index (χ2n) is 3.05. The Morgan fingerprint density at radius 1 is 1.31 bits per heavy atom. The molecule has 0 saturated carbocycles. The molecule has 2 N–H and O–H groups in total. The summed E-state index contributed by atoms with van der Waals surface area (Å²) in [5.74, 6) is -1.32. The van der Waals surface area contributed by atoms with Crippen LogP contribution in [0.5, 0.6) is 0 Å². The Labute approximate surface area is 91.8 Å². The number of rotatable bonds is 5. The van der Waals surface area contributed by atoms with E-state index >= 15 is 0 Å². The summed E-state index contributed by atoms with van der Waals surface area (Å²) in [5, 5.41) is 13.8. The zero-order valence-electron chi connectivity index (χ0n) is 8.38. The van der Waals surface area contributed by atoms with Crippen molar-refractivity contribution in [2.75, 3.05) is 6.54 Å². The highest BCUT2D eigenvalue weighted by Crippen LogP contribution is 2.12. The quantitative estimate of drug-likeness (QED) is 0.736. The van der Waals surface area contributed by atoms with Gasteiger partial charge in [0.15, 0.2) is 0 Å². The third kappa shape index (κ3) is 3.49. The third-order valence-corrected chi connectivity index (χ3v) is 1.87. The average molecular weight is 220 g/mol. The van der Waals surface area contributed by atoms with Crippen LogP contribution in [0.15, 0.2) is 29.4 Å². The van der Waals surface area contributed by atoms with Crippen molar-refractivity contribution in [3.63, 3.8) is 0 Å². The van der Waals surface area contributed by atoms with Gasteiger partial charge in [0, 0.05) is 17.8 Å². The van der Waals surface area contributed by atoms with Gasteiger partial charge in [0.25, 0.3) is 5.91 Å². The molecule has 0 atom stereocenters. The highest BCUT2D eigenvalue weighted by molar-refractivity contribution is 5.94. The first-order valence-corrected chi connectivity index (χ1v) is 4.58. The van der Waals surface area contributed by atoms with E-state index in [0.717, 1.165) is 0 Å². The molecule has 1 aromatic carbocycles. The molecule has 1 amide bonds. The summed E-state index contributed by atoms with van der Waals surface area (Å²) in [4.78, 5) is 21.6. The number of carbonyl (C=O) groups excluding carboxylic acids is 1. The standard InChI is InChI=1S/C10H10N3O3/c11-13-8-3-1-7(2-4-8)10(16)12-6-5-9(14)15/h1-4H,5-6H2,(H,12,16)(H,14,15)/q-1. The van der Waals surface area contributed by atoms with Crippen molar-refractivity contribution in [1.82, 2.24) is 5.32 Å². The SMILES string of the molecule is [N-]=Nc1ccc(C(=O)NCCC(=O)O)cc1. The highest BCUT2D eigenvalue weighted by Gasteiger charge is 2.05. The first kappa shape index (κ1) is 11.8. The maximum atomic E-state index is 11.4. The van der Waals surface area contributed by atoms with E-state index in [1.807, 2.05) is 0 Å². The van der Waals surface area contributed by atoms with Crippen molar-refractivity contribution < 1.29 is 14.7 Å². The molecule has 0 unspecified atom stereocenters. The van der Waals surface area contributed by atoms with Crippen LogP contribution in [0.25, 0.3) is 5.53 Å². The summed E-state index contributed by atoms with van der Waals surface area (Å²) in [6.07, 6.45) is -0.115. The van der Waals surface area contributed by atoms with Gasteiger partial charge < -0.3 is 21.1 Å². The number of aliphatic carboxylic acids is 1. The zero-order valence-corrected chi connectivity index (χ0v) is 8.38. The number of benzene rings is 1. The Bertz CT molecular complexity index is 400. The lowest BCUT2D eigenvalue weighted by atomic mass is 10.2. The summed E-state index contributed by atoms with van der Waals surface area (Å²) in [5.41, 5.74) is 9.16. The molecule has 6 heteroatoms. The zero-order chi connectivity index (χ0) is 12.0. The maximum Gasteiger partial charge on any atom is 0.305 e. The van der Waals surface area contributed by atoms with Crippen molar-refractivity contribution >= 4 is 17.6 Å². The normalized spacial score (nSPS) is 9.50. The molecule has 6 nitrogen and oxygen atoms in total. The minimum atomic E-state index is -0.963. The van der Waals surface area contributed by atoms with Crippen LogP contribution in [-0.2, 0) is 4.79 Å². The van der Waals surface area contributed by atoms with Crippen molar-refractivity contribution in [3.8, 4) is 0 Å². The maximum absolute atomic E-state index is 11.4. The van der Waals surface area contributed by atoms with Crippen LogP contribution in [0.4, 0.5) is 5.69 Å². The van der Waals surface area contributed by atoms with Crippen molar-refractivity contribution in [2.24, 2.45) is 5.11 Å². The number of amides is 1. The molecular weight excluding hydrogens is 210 g/mol. The lowest BCUT2D eigenvalue weighted by molar-refractivity contribution is -0.136. The predicted molar refractivity (Wildman–Crippen MR) is 56.5 cm³/mol. The van der Waals surface area contributed by atoms with E-state index < -0.39 is 5.97 Å². The van der Waals surface area contributed by atoms with E-state index in [0.29, 0.717) is 11.3 Å². The van der Waals surface area contributed by atoms with Gasteiger partial charge in [0.1, 0.15) is 0 Å². The molecule has 0 radical (unpaired) electrons. The van der Waals surface area contributed by atoms with Crippen LogP contribution in [-0.4, -0.2) is 23.5 Å². The van der Waals surface area contributed by atoms with Gasteiger partial charge in [0.2, 0.25) is 0 Å². The number of carboxylic acid groups (broad SMARTS) is 1. The van der Waals surface area contributed by atoms with Gasteiger partial charge in [0.05, 0.1) is 6.42 Å². The molecular formula is C10H10N3O3-. The molecule has 0 saturated heterocycles. The Morgan fingerprint density at radius 2 is 1.94 bits per heavy atom. The van der Waals surface area contributed by atoms with Gasteiger partial charge in [-0.15, -0.1) is 0 Å². The number of hydrogen-bond acceptors (Lipinski definition) is 3. The monoisotopic (exact) mass is 220 g/mol. The average Bonchev–Trinajstić information content (AvgIpc) is 2.28. The van der Waals surface area contributed by atoms with E-state index in [-0.39, 0.29) is 18.9 Å². The molecule has 0 bridgehead atoms. The van der Waals surface area contributed by atoms with Crippen molar-refractivity contribution in [3.05, 3.63) is 35.4 Å². The van der Waals surface area contributed by atoms with Crippen LogP contribution >= 0.6 is 0 Å². The fraction of sp³-hybridized carbons (Fsp3) is 0.200. The van der Waals surface area contributed by atoms with E-state index in [9.17, 15) is 9.59 Å². The number of nitrogens with zero attached hydrogens (tertiary/aromatic N) is 2. The van der Waals surface area contributed by atoms with Gasteiger partial charge >= 0.3 is 5.97 Å². The van der Waals surface area contributed by atoms with Crippen LogP contribution < -0.4 is 5.32 Å². The largest absolute Gasteiger partial charge is 0.706 e. The van der Waals surface area contributed by atoms with E-state index in [1.54, 1.807) is 0 Å². The summed E-state index contributed by atoms with van der Waals surface area (Å²) < 4.78 is 0. The summed E-state index contributed by atoms with van der Waals surface area (Å²) in [6, 6.07) is 5.94. The molecule has 0 heterocycles. The Balaban J connectivity index is 2.52. The van der Waals surface area contributed by atoms with E-state index in [4.69, 9.17) is 10.6 Å². The molecule has 1 aromatic rings. The molecule has 1 rings (SSSR count).